The van der Waals surface area contributed by atoms with Gasteiger partial charge in [0.25, 0.3) is 0 Å². The number of hydrogen-bond acceptors (Lipinski definition) is 2. The quantitative estimate of drug-likeness (QED) is 0.761. The van der Waals surface area contributed by atoms with E-state index in [1.165, 1.54) is 5.56 Å². The van der Waals surface area contributed by atoms with Crippen LogP contribution in [0.25, 0.3) is 0 Å². The van der Waals surface area contributed by atoms with Crippen molar-refractivity contribution in [3.8, 4) is 11.5 Å². The molecule has 0 amide bonds. The van der Waals surface area contributed by atoms with E-state index in [4.69, 9.17) is 21.1 Å². The summed E-state index contributed by atoms with van der Waals surface area (Å²) in [5, 5.41) is -0.187. The van der Waals surface area contributed by atoms with Crippen LogP contribution in [0.4, 0.5) is 0 Å². The third-order valence-electron chi connectivity index (χ3n) is 3.04. The second-order valence-electron chi connectivity index (χ2n) is 4.23. The third kappa shape index (κ3) is 3.21. The van der Waals surface area contributed by atoms with Crippen LogP contribution in [0.3, 0.4) is 0 Å². The normalized spacial score (nSPS) is 11.9. The Morgan fingerprint density at radius 2 is 1.47 bits per heavy atom. The van der Waals surface area contributed by atoms with Crippen molar-refractivity contribution in [3.63, 3.8) is 0 Å². The Balaban J connectivity index is 2.30. The molecule has 2 aromatic rings. The summed E-state index contributed by atoms with van der Waals surface area (Å²) < 4.78 is 10.8. The van der Waals surface area contributed by atoms with E-state index < -0.39 is 0 Å². The minimum absolute atomic E-state index is 0.187. The maximum absolute atomic E-state index is 6.55. The molecule has 2 nitrogen and oxygen atoms in total. The van der Waals surface area contributed by atoms with E-state index in [0.29, 0.717) is 0 Å². The number of methoxy groups -OCH3 is 2. The highest BCUT2D eigenvalue weighted by atomic mass is 35.5. The topological polar surface area (TPSA) is 18.5 Å². The fourth-order valence-corrected chi connectivity index (χ4v) is 2.50. The zero-order chi connectivity index (χ0) is 13.7. The Kier molecular flexibility index (Phi) is 4.69. The number of benzene rings is 2. The zero-order valence-electron chi connectivity index (χ0n) is 11.1. The van der Waals surface area contributed by atoms with Gasteiger partial charge in [-0.3, -0.25) is 0 Å². The molecule has 0 aliphatic carbocycles. The molecular formula is C16H17ClO2. The van der Waals surface area contributed by atoms with Crippen molar-refractivity contribution in [1.29, 1.82) is 0 Å². The average molecular weight is 277 g/mol. The fourth-order valence-electron chi connectivity index (χ4n) is 2.11. The minimum atomic E-state index is -0.187. The number of rotatable bonds is 5. The molecule has 0 bridgehead atoms. The maximum atomic E-state index is 6.55. The molecule has 0 aromatic heterocycles. The lowest BCUT2D eigenvalue weighted by Crippen LogP contribution is -2.02. The predicted octanol–water partition coefficient (Wildman–Crippen LogP) is 4.23. The summed E-state index contributed by atoms with van der Waals surface area (Å²) in [6.45, 7) is 0. The number of alkyl halides is 1. The first-order chi connectivity index (χ1) is 9.26. The van der Waals surface area contributed by atoms with Crippen LogP contribution in [-0.2, 0) is 6.42 Å². The van der Waals surface area contributed by atoms with Gasteiger partial charge in [0.05, 0.1) is 25.2 Å². The summed E-state index contributed by atoms with van der Waals surface area (Å²) in [6.07, 6.45) is 0.735. The lowest BCUT2D eigenvalue weighted by molar-refractivity contribution is 0.384. The number of hydrogen-bond donors (Lipinski definition) is 0. The van der Waals surface area contributed by atoms with Crippen LogP contribution >= 0.6 is 11.6 Å². The first-order valence-corrected chi connectivity index (χ1v) is 6.58. The standard InChI is InChI=1S/C16H17ClO2/c1-18-14-9-6-10-15(19-2)16(14)13(17)11-12-7-4-3-5-8-12/h3-10,13H,11H2,1-2H3. The van der Waals surface area contributed by atoms with Crippen LogP contribution in [0.1, 0.15) is 16.5 Å². The Labute approximate surface area is 118 Å². The highest BCUT2D eigenvalue weighted by Gasteiger charge is 2.19. The van der Waals surface area contributed by atoms with Crippen molar-refractivity contribution in [2.75, 3.05) is 14.2 Å². The molecule has 0 aliphatic heterocycles. The SMILES string of the molecule is COc1cccc(OC)c1C(Cl)Cc1ccccc1. The molecule has 0 saturated carbocycles. The largest absolute Gasteiger partial charge is 0.496 e. The van der Waals surface area contributed by atoms with E-state index in [0.717, 1.165) is 23.5 Å². The van der Waals surface area contributed by atoms with E-state index in [1.807, 2.05) is 36.4 Å². The van der Waals surface area contributed by atoms with Gasteiger partial charge in [-0.15, -0.1) is 11.6 Å². The molecule has 0 fully saturated rings. The molecule has 19 heavy (non-hydrogen) atoms. The zero-order valence-corrected chi connectivity index (χ0v) is 11.9. The van der Waals surface area contributed by atoms with Gasteiger partial charge in [-0.05, 0) is 24.1 Å². The Bertz CT molecular complexity index is 503. The van der Waals surface area contributed by atoms with Crippen molar-refractivity contribution in [2.45, 2.75) is 11.8 Å². The Hall–Kier alpha value is -1.67. The van der Waals surface area contributed by atoms with Crippen molar-refractivity contribution in [3.05, 3.63) is 59.7 Å². The summed E-state index contributed by atoms with van der Waals surface area (Å²) >= 11 is 6.55. The van der Waals surface area contributed by atoms with Crippen molar-refractivity contribution < 1.29 is 9.47 Å². The summed E-state index contributed by atoms with van der Waals surface area (Å²) in [7, 11) is 3.29. The number of ether oxygens (including phenoxy) is 2. The maximum Gasteiger partial charge on any atom is 0.127 e. The monoisotopic (exact) mass is 276 g/mol. The number of halogens is 1. The predicted molar refractivity (Wildman–Crippen MR) is 78.3 cm³/mol. The first-order valence-electron chi connectivity index (χ1n) is 6.15. The van der Waals surface area contributed by atoms with Crippen LogP contribution in [0.15, 0.2) is 48.5 Å². The van der Waals surface area contributed by atoms with Crippen molar-refractivity contribution in [2.24, 2.45) is 0 Å². The Morgan fingerprint density at radius 1 is 0.895 bits per heavy atom. The van der Waals surface area contributed by atoms with Gasteiger partial charge in [0.15, 0.2) is 0 Å². The summed E-state index contributed by atoms with van der Waals surface area (Å²) in [4.78, 5) is 0. The first kappa shape index (κ1) is 13.8. The minimum Gasteiger partial charge on any atom is -0.496 e. The Morgan fingerprint density at radius 3 is 2.00 bits per heavy atom. The fraction of sp³-hybridized carbons (Fsp3) is 0.250. The molecule has 1 unspecified atom stereocenters. The van der Waals surface area contributed by atoms with Crippen LogP contribution in [0.5, 0.6) is 11.5 Å². The van der Waals surface area contributed by atoms with E-state index in [9.17, 15) is 0 Å². The molecule has 1 atom stereocenters. The van der Waals surface area contributed by atoms with Gasteiger partial charge in [0.2, 0.25) is 0 Å². The van der Waals surface area contributed by atoms with Gasteiger partial charge in [-0.2, -0.15) is 0 Å². The van der Waals surface area contributed by atoms with Crippen molar-refractivity contribution >= 4 is 11.6 Å². The average Bonchev–Trinajstić information content (AvgIpc) is 2.47. The molecule has 2 aromatic carbocycles. The van der Waals surface area contributed by atoms with E-state index in [-0.39, 0.29) is 5.38 Å². The molecule has 0 saturated heterocycles. The summed E-state index contributed by atoms with van der Waals surface area (Å²) in [6, 6.07) is 15.9. The molecule has 0 radical (unpaired) electrons. The lowest BCUT2D eigenvalue weighted by atomic mass is 10.0. The molecule has 0 aliphatic rings. The highest BCUT2D eigenvalue weighted by Crippen LogP contribution is 2.39. The van der Waals surface area contributed by atoms with E-state index in [1.54, 1.807) is 14.2 Å². The van der Waals surface area contributed by atoms with Crippen molar-refractivity contribution in [1.82, 2.24) is 0 Å². The van der Waals surface area contributed by atoms with Crippen LogP contribution in [-0.4, -0.2) is 14.2 Å². The summed E-state index contributed by atoms with van der Waals surface area (Å²) in [5.74, 6) is 1.52. The molecular weight excluding hydrogens is 260 g/mol. The second kappa shape index (κ2) is 6.48. The van der Waals surface area contributed by atoms with Crippen LogP contribution in [0, 0.1) is 0 Å². The molecule has 3 heteroatoms. The van der Waals surface area contributed by atoms with Gasteiger partial charge in [-0.25, -0.2) is 0 Å². The van der Waals surface area contributed by atoms with Crippen LogP contribution < -0.4 is 9.47 Å². The molecule has 0 N–H and O–H groups in total. The van der Waals surface area contributed by atoms with E-state index in [2.05, 4.69) is 12.1 Å². The molecule has 0 heterocycles. The van der Waals surface area contributed by atoms with E-state index >= 15 is 0 Å². The summed E-state index contributed by atoms with van der Waals surface area (Å²) in [5.41, 5.74) is 2.09. The van der Waals surface area contributed by atoms with Crippen LogP contribution in [0.2, 0.25) is 0 Å². The molecule has 100 valence electrons. The van der Waals surface area contributed by atoms with Gasteiger partial charge >= 0.3 is 0 Å². The third-order valence-corrected chi connectivity index (χ3v) is 3.41. The smallest absolute Gasteiger partial charge is 0.127 e. The molecule has 2 rings (SSSR count). The highest BCUT2D eigenvalue weighted by molar-refractivity contribution is 6.21. The van der Waals surface area contributed by atoms with Gasteiger partial charge in [0.1, 0.15) is 11.5 Å². The lowest BCUT2D eigenvalue weighted by Gasteiger charge is -2.17. The second-order valence-corrected chi connectivity index (χ2v) is 4.76. The molecule has 0 spiro atoms. The van der Waals surface area contributed by atoms with Gasteiger partial charge in [-0.1, -0.05) is 36.4 Å². The van der Waals surface area contributed by atoms with Gasteiger partial charge < -0.3 is 9.47 Å². The van der Waals surface area contributed by atoms with Gasteiger partial charge in [0, 0.05) is 0 Å².